The van der Waals surface area contributed by atoms with Gasteiger partial charge < -0.3 is 10.4 Å². The van der Waals surface area contributed by atoms with E-state index in [4.69, 9.17) is 0 Å². The largest absolute Gasteiger partial charge is 0.392 e. The van der Waals surface area contributed by atoms with Gasteiger partial charge >= 0.3 is 0 Å². The summed E-state index contributed by atoms with van der Waals surface area (Å²) in [6.07, 6.45) is -0.389. The Bertz CT molecular complexity index is 458. The predicted molar refractivity (Wildman–Crippen MR) is 79.4 cm³/mol. The highest BCUT2D eigenvalue weighted by Gasteiger charge is 2.29. The zero-order valence-electron chi connectivity index (χ0n) is 12.6. The first-order valence-electron chi connectivity index (χ1n) is 6.86. The lowest BCUT2D eigenvalue weighted by molar-refractivity contribution is -0.384. The Balaban J connectivity index is 2.56. The first-order chi connectivity index (χ1) is 9.24. The molecule has 0 radical (unpaired) electrons. The maximum atomic E-state index is 10.7. The Morgan fingerprint density at radius 1 is 1.40 bits per heavy atom. The molecule has 1 aromatic rings. The van der Waals surface area contributed by atoms with Crippen molar-refractivity contribution in [2.24, 2.45) is 11.3 Å². The number of aliphatic hydroxyl groups is 1. The van der Waals surface area contributed by atoms with E-state index in [1.165, 1.54) is 6.07 Å². The molecule has 1 rings (SSSR count). The molecule has 0 aliphatic carbocycles. The molecule has 0 bridgehead atoms. The molecule has 0 saturated heterocycles. The van der Waals surface area contributed by atoms with Gasteiger partial charge in [-0.2, -0.15) is 0 Å². The third kappa shape index (κ3) is 4.58. The maximum Gasteiger partial charge on any atom is 0.269 e. The van der Waals surface area contributed by atoms with Crippen molar-refractivity contribution in [3.05, 3.63) is 39.9 Å². The maximum absolute atomic E-state index is 10.7. The third-order valence-electron chi connectivity index (χ3n) is 3.46. The minimum absolute atomic E-state index is 0.103. The molecule has 1 atom stereocenters. The monoisotopic (exact) mass is 280 g/mol. The molecule has 0 heterocycles. The van der Waals surface area contributed by atoms with Gasteiger partial charge in [0.15, 0.2) is 0 Å². The Morgan fingerprint density at radius 3 is 2.60 bits per heavy atom. The van der Waals surface area contributed by atoms with Crippen LogP contribution >= 0.6 is 0 Å². The number of nitro benzene ring substituents is 1. The third-order valence-corrected chi connectivity index (χ3v) is 3.46. The summed E-state index contributed by atoms with van der Waals surface area (Å²) in [7, 11) is 0. The van der Waals surface area contributed by atoms with E-state index in [1.807, 2.05) is 33.8 Å². The zero-order valence-corrected chi connectivity index (χ0v) is 12.6. The minimum Gasteiger partial charge on any atom is -0.392 e. The number of nitro groups is 1. The smallest absolute Gasteiger partial charge is 0.269 e. The molecule has 2 N–H and O–H groups in total. The lowest BCUT2D eigenvalue weighted by Gasteiger charge is -2.33. The average Bonchev–Trinajstić information content (AvgIpc) is 2.37. The van der Waals surface area contributed by atoms with E-state index in [9.17, 15) is 15.2 Å². The van der Waals surface area contributed by atoms with Crippen molar-refractivity contribution in [3.63, 3.8) is 0 Å². The summed E-state index contributed by atoms with van der Waals surface area (Å²) in [5.41, 5.74) is 0.731. The van der Waals surface area contributed by atoms with Crippen molar-refractivity contribution in [1.29, 1.82) is 0 Å². The van der Waals surface area contributed by atoms with E-state index in [0.717, 1.165) is 5.56 Å². The van der Waals surface area contributed by atoms with Gasteiger partial charge in [-0.25, -0.2) is 0 Å². The number of rotatable bonds is 7. The van der Waals surface area contributed by atoms with Crippen LogP contribution < -0.4 is 5.32 Å². The van der Waals surface area contributed by atoms with Gasteiger partial charge in [-0.1, -0.05) is 39.8 Å². The van der Waals surface area contributed by atoms with E-state index >= 15 is 0 Å². The molecule has 112 valence electrons. The second-order valence-electron chi connectivity index (χ2n) is 6.21. The quantitative estimate of drug-likeness (QED) is 0.595. The molecule has 20 heavy (non-hydrogen) atoms. The van der Waals surface area contributed by atoms with Crippen molar-refractivity contribution in [1.82, 2.24) is 5.32 Å². The number of hydrogen-bond donors (Lipinski definition) is 2. The highest BCUT2D eigenvalue weighted by molar-refractivity contribution is 5.34. The zero-order chi connectivity index (χ0) is 15.3. The van der Waals surface area contributed by atoms with Crippen LogP contribution in [0.15, 0.2) is 24.3 Å². The van der Waals surface area contributed by atoms with Crippen LogP contribution in [0.5, 0.6) is 0 Å². The summed E-state index contributed by atoms with van der Waals surface area (Å²) >= 11 is 0. The number of nitrogens with one attached hydrogen (secondary N) is 1. The van der Waals surface area contributed by atoms with Gasteiger partial charge in [0.25, 0.3) is 5.69 Å². The van der Waals surface area contributed by atoms with Crippen LogP contribution in [0, 0.1) is 21.4 Å². The summed E-state index contributed by atoms with van der Waals surface area (Å²) in [6.45, 7) is 9.21. The van der Waals surface area contributed by atoms with E-state index in [-0.39, 0.29) is 23.1 Å². The molecular weight excluding hydrogens is 256 g/mol. The van der Waals surface area contributed by atoms with Crippen LogP contribution in [-0.2, 0) is 6.54 Å². The normalized spacial score (nSPS) is 13.5. The summed E-state index contributed by atoms with van der Waals surface area (Å²) < 4.78 is 0. The Kier molecular flexibility index (Phi) is 5.65. The summed E-state index contributed by atoms with van der Waals surface area (Å²) in [6, 6.07) is 6.59. The van der Waals surface area contributed by atoms with Crippen LogP contribution in [0.3, 0.4) is 0 Å². The fourth-order valence-electron chi connectivity index (χ4n) is 2.32. The summed E-state index contributed by atoms with van der Waals surface area (Å²) in [5.74, 6) is 0.199. The van der Waals surface area contributed by atoms with Crippen LogP contribution in [0.4, 0.5) is 5.69 Å². The molecule has 1 aromatic carbocycles. The van der Waals surface area contributed by atoms with Crippen molar-refractivity contribution in [3.8, 4) is 0 Å². The van der Waals surface area contributed by atoms with Crippen molar-refractivity contribution in [2.75, 3.05) is 6.54 Å². The van der Waals surface area contributed by atoms with E-state index in [1.54, 1.807) is 12.1 Å². The predicted octanol–water partition coefficient (Wildman–Crippen LogP) is 2.73. The Morgan fingerprint density at radius 2 is 2.05 bits per heavy atom. The fourth-order valence-corrected chi connectivity index (χ4v) is 2.32. The molecule has 5 heteroatoms. The number of benzene rings is 1. The van der Waals surface area contributed by atoms with Gasteiger partial charge in [0.1, 0.15) is 0 Å². The second kappa shape index (κ2) is 6.81. The van der Waals surface area contributed by atoms with E-state index in [0.29, 0.717) is 13.1 Å². The Hall–Kier alpha value is -1.46. The van der Waals surface area contributed by atoms with Crippen molar-refractivity contribution in [2.45, 2.75) is 40.3 Å². The molecule has 5 nitrogen and oxygen atoms in total. The molecule has 1 unspecified atom stereocenters. The molecule has 0 spiro atoms. The molecule has 0 saturated carbocycles. The molecule has 0 aromatic heterocycles. The average molecular weight is 280 g/mol. The minimum atomic E-state index is -0.393. The highest BCUT2D eigenvalue weighted by Crippen LogP contribution is 2.25. The van der Waals surface area contributed by atoms with Gasteiger partial charge in [0.05, 0.1) is 11.0 Å². The van der Waals surface area contributed by atoms with E-state index < -0.39 is 4.92 Å². The van der Waals surface area contributed by atoms with Crippen molar-refractivity contribution >= 4 is 5.69 Å². The number of hydrogen-bond acceptors (Lipinski definition) is 4. The first kappa shape index (κ1) is 16.6. The SMILES string of the molecule is CC(C)C(O)C(C)(C)CNCc1cccc([N+](=O)[O-])c1. The fraction of sp³-hybridized carbons (Fsp3) is 0.600. The number of non-ortho nitro benzene ring substituents is 1. The number of nitrogens with zero attached hydrogens (tertiary/aromatic N) is 1. The lowest BCUT2D eigenvalue weighted by Crippen LogP contribution is -2.41. The topological polar surface area (TPSA) is 75.4 Å². The Labute approximate surface area is 120 Å². The second-order valence-corrected chi connectivity index (χ2v) is 6.21. The van der Waals surface area contributed by atoms with Crippen LogP contribution in [-0.4, -0.2) is 22.7 Å². The lowest BCUT2D eigenvalue weighted by atomic mass is 9.80. The summed E-state index contributed by atoms with van der Waals surface area (Å²) in [5, 5.41) is 24.1. The molecule has 0 aliphatic heterocycles. The van der Waals surface area contributed by atoms with Crippen LogP contribution in [0.2, 0.25) is 0 Å². The highest BCUT2D eigenvalue weighted by atomic mass is 16.6. The van der Waals surface area contributed by atoms with Gasteiger partial charge in [0, 0.05) is 30.6 Å². The van der Waals surface area contributed by atoms with Crippen molar-refractivity contribution < 1.29 is 10.0 Å². The number of aliphatic hydroxyl groups excluding tert-OH is 1. The van der Waals surface area contributed by atoms with Gasteiger partial charge in [-0.15, -0.1) is 0 Å². The van der Waals surface area contributed by atoms with Gasteiger partial charge in [0.2, 0.25) is 0 Å². The standard InChI is InChI=1S/C15H24N2O3/c1-11(2)14(18)15(3,4)10-16-9-12-6-5-7-13(8-12)17(19)20/h5-8,11,14,16,18H,9-10H2,1-4H3. The summed E-state index contributed by atoms with van der Waals surface area (Å²) in [4.78, 5) is 10.3. The molecule has 0 amide bonds. The molecular formula is C15H24N2O3. The first-order valence-corrected chi connectivity index (χ1v) is 6.86. The van der Waals surface area contributed by atoms with E-state index in [2.05, 4.69) is 5.32 Å². The van der Waals surface area contributed by atoms with Crippen LogP contribution in [0.1, 0.15) is 33.3 Å². The van der Waals surface area contributed by atoms with Gasteiger partial charge in [-0.3, -0.25) is 10.1 Å². The molecule has 0 fully saturated rings. The van der Waals surface area contributed by atoms with Crippen LogP contribution in [0.25, 0.3) is 0 Å². The van der Waals surface area contributed by atoms with Gasteiger partial charge in [-0.05, 0) is 11.5 Å². The molecule has 0 aliphatic rings.